The summed E-state index contributed by atoms with van der Waals surface area (Å²) in [7, 11) is -0.887. The summed E-state index contributed by atoms with van der Waals surface area (Å²) in [6.45, 7) is 2.23. The van der Waals surface area contributed by atoms with Gasteiger partial charge in [-0.1, -0.05) is 24.6 Å². The first-order valence-corrected chi connectivity index (χ1v) is 8.82. The molecule has 0 saturated heterocycles. The number of nitrogens with one attached hydrogen (secondary N) is 1. The molecule has 20 heavy (non-hydrogen) atoms. The van der Waals surface area contributed by atoms with Gasteiger partial charge in [0.15, 0.2) is 0 Å². The fourth-order valence-electron chi connectivity index (χ4n) is 1.80. The van der Waals surface area contributed by atoms with Crippen molar-refractivity contribution in [3.05, 3.63) is 28.1 Å². The highest BCUT2D eigenvalue weighted by Gasteiger charge is 2.17. The average Bonchev–Trinajstić information content (AvgIpc) is 2.77. The number of amides is 1. The Morgan fingerprint density at radius 2 is 2.25 bits per heavy atom. The molecule has 0 aliphatic heterocycles. The van der Waals surface area contributed by atoms with E-state index in [-0.39, 0.29) is 5.91 Å². The molecule has 1 aromatic carbocycles. The van der Waals surface area contributed by atoms with Crippen LogP contribution in [0.3, 0.4) is 0 Å². The number of hydrogen-bond donors (Lipinski definition) is 2. The van der Waals surface area contributed by atoms with Gasteiger partial charge >= 0.3 is 0 Å². The molecule has 0 saturated carbocycles. The largest absolute Gasteiger partial charge is 0.397 e. The molecule has 2 aromatic rings. The van der Waals surface area contributed by atoms with Gasteiger partial charge in [0.2, 0.25) is 0 Å². The van der Waals surface area contributed by atoms with Gasteiger partial charge in [0.05, 0.1) is 10.7 Å². The van der Waals surface area contributed by atoms with Gasteiger partial charge in [-0.25, -0.2) is 0 Å². The summed E-state index contributed by atoms with van der Waals surface area (Å²) in [4.78, 5) is 12.5. The molecule has 0 spiro atoms. The number of nitrogens with two attached hydrogens (primary N) is 1. The lowest BCUT2D eigenvalue weighted by molar-refractivity contribution is 0.0961. The minimum absolute atomic E-state index is 0.243. The molecule has 0 bridgehead atoms. The topological polar surface area (TPSA) is 72.2 Å². The first-order chi connectivity index (χ1) is 9.54. The van der Waals surface area contributed by atoms with Crippen molar-refractivity contribution in [2.45, 2.75) is 6.92 Å². The summed E-state index contributed by atoms with van der Waals surface area (Å²) in [5.74, 6) is 0.803. The molecule has 3 N–H and O–H groups in total. The number of rotatable bonds is 5. The molecular formula is C13H15ClN2O2S2. The Morgan fingerprint density at radius 3 is 2.90 bits per heavy atom. The van der Waals surface area contributed by atoms with Gasteiger partial charge in [-0.05, 0) is 12.1 Å². The summed E-state index contributed by atoms with van der Waals surface area (Å²) in [5, 5.41) is 4.01. The Morgan fingerprint density at radius 1 is 1.50 bits per heavy atom. The van der Waals surface area contributed by atoms with E-state index in [0.29, 0.717) is 33.6 Å². The Balaban J connectivity index is 2.17. The second kappa shape index (κ2) is 6.56. The van der Waals surface area contributed by atoms with E-state index in [0.717, 1.165) is 10.1 Å². The molecule has 1 amide bonds. The molecule has 1 heterocycles. The van der Waals surface area contributed by atoms with E-state index < -0.39 is 10.8 Å². The van der Waals surface area contributed by atoms with E-state index >= 15 is 0 Å². The number of carbonyl (C=O) groups is 1. The SMILES string of the molecule is CCS(=O)CCNC(=O)c1sc2cccc(Cl)c2c1N. The Bertz CT molecular complexity index is 670. The third-order valence-corrected chi connectivity index (χ3v) is 5.63. The number of fused-ring (bicyclic) bond motifs is 1. The summed E-state index contributed by atoms with van der Waals surface area (Å²) in [6, 6.07) is 5.46. The van der Waals surface area contributed by atoms with E-state index in [1.165, 1.54) is 11.3 Å². The number of anilines is 1. The van der Waals surface area contributed by atoms with Gasteiger partial charge in [-0.15, -0.1) is 11.3 Å². The van der Waals surface area contributed by atoms with Crippen molar-refractivity contribution in [1.29, 1.82) is 0 Å². The van der Waals surface area contributed by atoms with Crippen LogP contribution < -0.4 is 11.1 Å². The molecular weight excluding hydrogens is 316 g/mol. The number of thiophene rings is 1. The lowest BCUT2D eigenvalue weighted by atomic mass is 10.2. The van der Waals surface area contributed by atoms with Gasteiger partial charge in [0.25, 0.3) is 5.91 Å². The normalized spacial score (nSPS) is 12.5. The summed E-state index contributed by atoms with van der Waals surface area (Å²) in [6.07, 6.45) is 0. The Hall–Kier alpha value is -1.11. The van der Waals surface area contributed by atoms with E-state index in [4.69, 9.17) is 17.3 Å². The molecule has 0 aliphatic rings. The van der Waals surface area contributed by atoms with Gasteiger partial charge in [0.1, 0.15) is 4.88 Å². The maximum absolute atomic E-state index is 12.1. The zero-order valence-corrected chi connectivity index (χ0v) is 13.3. The maximum Gasteiger partial charge on any atom is 0.263 e. The standard InChI is InChI=1S/C13H15ClN2O2S2/c1-2-20(18)7-6-16-13(17)12-11(15)10-8(14)4-3-5-9(10)19-12/h3-5H,2,6-7,15H2,1H3,(H,16,17). The summed E-state index contributed by atoms with van der Waals surface area (Å²) < 4.78 is 12.2. The lowest BCUT2D eigenvalue weighted by Crippen LogP contribution is -2.27. The van der Waals surface area contributed by atoms with E-state index in [1.807, 2.05) is 19.1 Å². The minimum atomic E-state index is -0.887. The average molecular weight is 331 g/mol. The highest BCUT2D eigenvalue weighted by atomic mass is 35.5. The molecule has 7 heteroatoms. The van der Waals surface area contributed by atoms with Crippen molar-refractivity contribution >= 4 is 55.4 Å². The zero-order valence-electron chi connectivity index (χ0n) is 10.9. The van der Waals surface area contributed by atoms with Crippen LogP contribution in [0.5, 0.6) is 0 Å². The highest BCUT2D eigenvalue weighted by molar-refractivity contribution is 7.84. The van der Waals surface area contributed by atoms with Crippen LogP contribution in [-0.4, -0.2) is 28.2 Å². The smallest absolute Gasteiger partial charge is 0.263 e. The van der Waals surface area contributed by atoms with Crippen molar-refractivity contribution < 1.29 is 9.00 Å². The van der Waals surface area contributed by atoms with Crippen molar-refractivity contribution in [3.63, 3.8) is 0 Å². The predicted octanol–water partition coefficient (Wildman–Crippen LogP) is 2.64. The predicted molar refractivity (Wildman–Crippen MR) is 87.1 cm³/mol. The van der Waals surface area contributed by atoms with Crippen LogP contribution in [0.15, 0.2) is 18.2 Å². The molecule has 1 atom stereocenters. The van der Waals surface area contributed by atoms with E-state index in [1.54, 1.807) is 6.07 Å². The van der Waals surface area contributed by atoms with Gasteiger partial charge in [-0.2, -0.15) is 0 Å². The van der Waals surface area contributed by atoms with Crippen molar-refractivity contribution in [2.24, 2.45) is 0 Å². The molecule has 0 aliphatic carbocycles. The van der Waals surface area contributed by atoms with Crippen LogP contribution in [-0.2, 0) is 10.8 Å². The molecule has 1 aromatic heterocycles. The second-order valence-corrected chi connectivity index (χ2v) is 7.47. The number of carbonyl (C=O) groups excluding carboxylic acids is 1. The molecule has 108 valence electrons. The van der Waals surface area contributed by atoms with E-state index in [2.05, 4.69) is 5.32 Å². The van der Waals surface area contributed by atoms with Crippen LogP contribution in [0.4, 0.5) is 5.69 Å². The highest BCUT2D eigenvalue weighted by Crippen LogP contribution is 2.37. The Kier molecular flexibility index (Phi) is 5.01. The third kappa shape index (κ3) is 3.13. The zero-order chi connectivity index (χ0) is 14.7. The number of hydrogen-bond acceptors (Lipinski definition) is 4. The monoisotopic (exact) mass is 330 g/mol. The summed E-state index contributed by atoms with van der Waals surface area (Å²) >= 11 is 7.41. The number of nitrogen functional groups attached to an aromatic ring is 1. The molecule has 0 fully saturated rings. The number of halogens is 1. The van der Waals surface area contributed by atoms with Crippen LogP contribution in [0, 0.1) is 0 Å². The van der Waals surface area contributed by atoms with Gasteiger partial charge < -0.3 is 11.1 Å². The third-order valence-electron chi connectivity index (χ3n) is 2.84. The lowest BCUT2D eigenvalue weighted by Gasteiger charge is -2.03. The fourth-order valence-corrected chi connectivity index (χ4v) is 3.82. The van der Waals surface area contributed by atoms with Crippen LogP contribution in [0.2, 0.25) is 5.02 Å². The minimum Gasteiger partial charge on any atom is -0.397 e. The maximum atomic E-state index is 12.1. The fraction of sp³-hybridized carbons (Fsp3) is 0.308. The van der Waals surface area contributed by atoms with Gasteiger partial charge in [0, 0.05) is 38.9 Å². The second-order valence-electron chi connectivity index (χ2n) is 4.15. The quantitative estimate of drug-likeness (QED) is 0.885. The van der Waals surface area contributed by atoms with Crippen molar-refractivity contribution in [2.75, 3.05) is 23.8 Å². The molecule has 0 radical (unpaired) electrons. The first-order valence-electron chi connectivity index (χ1n) is 6.14. The first kappa shape index (κ1) is 15.3. The summed E-state index contributed by atoms with van der Waals surface area (Å²) in [5.41, 5.74) is 6.41. The Labute approximate surface area is 128 Å². The van der Waals surface area contributed by atoms with Crippen LogP contribution >= 0.6 is 22.9 Å². The molecule has 1 unspecified atom stereocenters. The van der Waals surface area contributed by atoms with Crippen LogP contribution in [0.1, 0.15) is 16.6 Å². The van der Waals surface area contributed by atoms with Gasteiger partial charge in [-0.3, -0.25) is 9.00 Å². The van der Waals surface area contributed by atoms with E-state index in [9.17, 15) is 9.00 Å². The van der Waals surface area contributed by atoms with Crippen molar-refractivity contribution in [1.82, 2.24) is 5.32 Å². The number of benzene rings is 1. The van der Waals surface area contributed by atoms with Crippen LogP contribution in [0.25, 0.3) is 10.1 Å². The molecule has 2 rings (SSSR count). The molecule has 4 nitrogen and oxygen atoms in total. The van der Waals surface area contributed by atoms with Crippen molar-refractivity contribution in [3.8, 4) is 0 Å².